The lowest BCUT2D eigenvalue weighted by Gasteiger charge is -2.13. The number of carbonyl (C=O) groups is 1. The van der Waals surface area contributed by atoms with E-state index < -0.39 is 11.9 Å². The number of aliphatic carboxylic acids is 1. The first-order valence-electron chi connectivity index (χ1n) is 5.32. The molecule has 1 aromatic rings. The molecule has 0 fully saturated rings. The molecule has 0 aliphatic heterocycles. The van der Waals surface area contributed by atoms with Crippen LogP contribution < -0.4 is 4.74 Å². The van der Waals surface area contributed by atoms with E-state index in [-0.39, 0.29) is 0 Å². The molecule has 0 bridgehead atoms. The zero-order valence-electron chi connectivity index (χ0n) is 10.2. The summed E-state index contributed by atoms with van der Waals surface area (Å²) in [4.78, 5) is 10.8. The Morgan fingerprint density at radius 1 is 1.38 bits per heavy atom. The van der Waals surface area contributed by atoms with E-state index in [0.717, 1.165) is 22.4 Å². The third-order valence-electron chi connectivity index (χ3n) is 2.84. The quantitative estimate of drug-likeness (QED) is 0.851. The fourth-order valence-corrected chi connectivity index (χ4v) is 1.62. The standard InChI is InChI=1S/C13H18O3/c1-8-5-11(6-10(3)13(14)15)12(16-4)7-9(8)2/h5,7,10H,6H2,1-4H3,(H,14,15). The summed E-state index contributed by atoms with van der Waals surface area (Å²) in [6.45, 7) is 5.74. The Labute approximate surface area is 96.1 Å². The van der Waals surface area contributed by atoms with Crippen molar-refractivity contribution in [3.05, 3.63) is 28.8 Å². The Hall–Kier alpha value is -1.51. The molecule has 0 spiro atoms. The van der Waals surface area contributed by atoms with Crippen molar-refractivity contribution in [3.8, 4) is 5.75 Å². The number of aryl methyl sites for hydroxylation is 2. The van der Waals surface area contributed by atoms with E-state index in [4.69, 9.17) is 9.84 Å². The maximum Gasteiger partial charge on any atom is 0.306 e. The highest BCUT2D eigenvalue weighted by atomic mass is 16.5. The van der Waals surface area contributed by atoms with Crippen LogP contribution in [0.15, 0.2) is 12.1 Å². The summed E-state index contributed by atoms with van der Waals surface area (Å²) in [6.07, 6.45) is 0.500. The number of carboxylic acids is 1. The summed E-state index contributed by atoms with van der Waals surface area (Å²) in [5.74, 6) is -0.396. The topological polar surface area (TPSA) is 46.5 Å². The second kappa shape index (κ2) is 5.01. The van der Waals surface area contributed by atoms with Crippen molar-refractivity contribution in [1.82, 2.24) is 0 Å². The van der Waals surface area contributed by atoms with Crippen LogP contribution in [0, 0.1) is 19.8 Å². The molecule has 1 aromatic carbocycles. The van der Waals surface area contributed by atoms with Crippen LogP contribution in [0.3, 0.4) is 0 Å². The van der Waals surface area contributed by atoms with Crippen molar-refractivity contribution in [2.24, 2.45) is 5.92 Å². The summed E-state index contributed by atoms with van der Waals surface area (Å²) < 4.78 is 5.27. The van der Waals surface area contributed by atoms with Gasteiger partial charge in [0.25, 0.3) is 0 Å². The molecule has 0 aliphatic carbocycles. The van der Waals surface area contributed by atoms with Crippen molar-refractivity contribution < 1.29 is 14.6 Å². The number of hydrogen-bond donors (Lipinski definition) is 1. The largest absolute Gasteiger partial charge is 0.496 e. The molecule has 0 saturated carbocycles. The van der Waals surface area contributed by atoms with Gasteiger partial charge < -0.3 is 9.84 Å². The minimum atomic E-state index is -0.778. The summed E-state index contributed by atoms with van der Waals surface area (Å²) in [5.41, 5.74) is 3.28. The molecule has 1 N–H and O–H groups in total. The Morgan fingerprint density at radius 3 is 2.44 bits per heavy atom. The average molecular weight is 222 g/mol. The van der Waals surface area contributed by atoms with Crippen molar-refractivity contribution in [1.29, 1.82) is 0 Å². The first-order valence-corrected chi connectivity index (χ1v) is 5.32. The number of carboxylic acid groups (broad SMARTS) is 1. The predicted octanol–water partition coefficient (Wildman–Crippen LogP) is 2.58. The van der Waals surface area contributed by atoms with E-state index in [9.17, 15) is 4.79 Å². The van der Waals surface area contributed by atoms with Crippen LogP contribution in [0.4, 0.5) is 0 Å². The van der Waals surface area contributed by atoms with Gasteiger partial charge in [-0.3, -0.25) is 4.79 Å². The number of rotatable bonds is 4. The molecule has 1 atom stereocenters. The minimum Gasteiger partial charge on any atom is -0.496 e. The van der Waals surface area contributed by atoms with Crippen LogP contribution in [0.5, 0.6) is 5.75 Å². The lowest BCUT2D eigenvalue weighted by molar-refractivity contribution is -0.141. The second-order valence-electron chi connectivity index (χ2n) is 4.19. The van der Waals surface area contributed by atoms with Crippen LogP contribution in [0.25, 0.3) is 0 Å². The maximum atomic E-state index is 10.8. The molecule has 3 heteroatoms. The molecule has 0 heterocycles. The molecule has 1 unspecified atom stereocenters. The zero-order chi connectivity index (χ0) is 12.3. The van der Waals surface area contributed by atoms with Gasteiger partial charge >= 0.3 is 5.97 Å². The molecule has 1 rings (SSSR count). The normalized spacial score (nSPS) is 12.2. The molecule has 0 aliphatic rings. The number of ether oxygens (including phenoxy) is 1. The van der Waals surface area contributed by atoms with Crippen LogP contribution >= 0.6 is 0 Å². The number of benzene rings is 1. The van der Waals surface area contributed by atoms with Gasteiger partial charge in [0.05, 0.1) is 13.0 Å². The second-order valence-corrected chi connectivity index (χ2v) is 4.19. The fourth-order valence-electron chi connectivity index (χ4n) is 1.62. The van der Waals surface area contributed by atoms with Crippen LogP contribution in [-0.4, -0.2) is 18.2 Å². The molecule has 0 aromatic heterocycles. The smallest absolute Gasteiger partial charge is 0.306 e. The summed E-state index contributed by atoms with van der Waals surface area (Å²) >= 11 is 0. The Balaban J connectivity index is 3.03. The van der Waals surface area contributed by atoms with E-state index in [2.05, 4.69) is 0 Å². The molecule has 0 saturated heterocycles. The van der Waals surface area contributed by atoms with E-state index >= 15 is 0 Å². The molecule has 88 valence electrons. The van der Waals surface area contributed by atoms with E-state index in [1.54, 1.807) is 14.0 Å². The summed E-state index contributed by atoms with van der Waals surface area (Å²) in [5, 5.41) is 8.89. The minimum absolute atomic E-state index is 0.393. The van der Waals surface area contributed by atoms with Crippen LogP contribution in [-0.2, 0) is 11.2 Å². The van der Waals surface area contributed by atoms with E-state index in [1.807, 2.05) is 26.0 Å². The van der Waals surface area contributed by atoms with Crippen molar-refractivity contribution in [2.75, 3.05) is 7.11 Å². The van der Waals surface area contributed by atoms with E-state index in [1.165, 1.54) is 0 Å². The van der Waals surface area contributed by atoms with Gasteiger partial charge in [-0.05, 0) is 43.0 Å². The van der Waals surface area contributed by atoms with Crippen molar-refractivity contribution >= 4 is 5.97 Å². The van der Waals surface area contributed by atoms with Crippen molar-refractivity contribution in [2.45, 2.75) is 27.2 Å². The van der Waals surface area contributed by atoms with Crippen molar-refractivity contribution in [3.63, 3.8) is 0 Å². The lowest BCUT2D eigenvalue weighted by Crippen LogP contribution is -2.13. The van der Waals surface area contributed by atoms with Crippen LogP contribution in [0.2, 0.25) is 0 Å². The van der Waals surface area contributed by atoms with Crippen LogP contribution in [0.1, 0.15) is 23.6 Å². The highest BCUT2D eigenvalue weighted by Crippen LogP contribution is 2.25. The fraction of sp³-hybridized carbons (Fsp3) is 0.462. The molecule has 16 heavy (non-hydrogen) atoms. The Bertz CT molecular complexity index is 396. The molecule has 3 nitrogen and oxygen atoms in total. The van der Waals surface area contributed by atoms with E-state index in [0.29, 0.717) is 6.42 Å². The average Bonchev–Trinajstić information content (AvgIpc) is 2.22. The van der Waals surface area contributed by atoms with Gasteiger partial charge in [0.15, 0.2) is 0 Å². The SMILES string of the molecule is COc1cc(C)c(C)cc1CC(C)C(=O)O. The monoisotopic (exact) mass is 222 g/mol. The summed E-state index contributed by atoms with van der Waals surface area (Å²) in [6, 6.07) is 3.97. The first-order chi connectivity index (χ1) is 7.45. The van der Waals surface area contributed by atoms with Gasteiger partial charge in [0, 0.05) is 0 Å². The third-order valence-corrected chi connectivity index (χ3v) is 2.84. The van der Waals surface area contributed by atoms with Gasteiger partial charge in [-0.25, -0.2) is 0 Å². The number of hydrogen-bond acceptors (Lipinski definition) is 2. The third kappa shape index (κ3) is 2.75. The predicted molar refractivity (Wildman–Crippen MR) is 63.0 cm³/mol. The highest BCUT2D eigenvalue weighted by Gasteiger charge is 2.15. The maximum absolute atomic E-state index is 10.8. The molecule has 0 amide bonds. The van der Waals surface area contributed by atoms with Gasteiger partial charge in [0.2, 0.25) is 0 Å². The molecular weight excluding hydrogens is 204 g/mol. The highest BCUT2D eigenvalue weighted by molar-refractivity contribution is 5.70. The zero-order valence-corrected chi connectivity index (χ0v) is 10.2. The molecular formula is C13H18O3. The number of methoxy groups -OCH3 is 1. The first kappa shape index (κ1) is 12.6. The van der Waals surface area contributed by atoms with Gasteiger partial charge in [0.1, 0.15) is 5.75 Å². The van der Waals surface area contributed by atoms with Gasteiger partial charge in [-0.15, -0.1) is 0 Å². The lowest BCUT2D eigenvalue weighted by atomic mass is 9.97. The summed E-state index contributed by atoms with van der Waals surface area (Å²) in [7, 11) is 1.61. The van der Waals surface area contributed by atoms with Gasteiger partial charge in [-0.1, -0.05) is 13.0 Å². The van der Waals surface area contributed by atoms with Gasteiger partial charge in [-0.2, -0.15) is 0 Å². The molecule has 0 radical (unpaired) electrons. The Kier molecular flexibility index (Phi) is 3.93. The Morgan fingerprint density at radius 2 is 1.94 bits per heavy atom.